The molecule has 2 aliphatic rings. The largest absolute Gasteiger partial charge is 0.298 e. The van der Waals surface area contributed by atoms with Crippen LogP contribution in [0.15, 0.2) is 29.8 Å². The van der Waals surface area contributed by atoms with E-state index in [-0.39, 0.29) is 5.41 Å². The Bertz CT molecular complexity index is 773. The number of hydrogen-bond acceptors (Lipinski definition) is 3. The Hall–Kier alpha value is -1.97. The molecule has 2 aromatic rings. The summed E-state index contributed by atoms with van der Waals surface area (Å²) in [5, 5.41) is 9.34. The fraction of sp³-hybridized carbons (Fsp3) is 0.526. The van der Waals surface area contributed by atoms with Gasteiger partial charge in [0.05, 0.1) is 5.70 Å². The summed E-state index contributed by atoms with van der Waals surface area (Å²) in [7, 11) is 0. The minimum atomic E-state index is -0.0115. The molecule has 2 aliphatic carbocycles. The van der Waals surface area contributed by atoms with E-state index in [0.29, 0.717) is 17.8 Å². The smallest absolute Gasteiger partial charge is 0.147 e. The lowest BCUT2D eigenvalue weighted by Gasteiger charge is -2.44. The van der Waals surface area contributed by atoms with Gasteiger partial charge in [0.25, 0.3) is 0 Å². The molecule has 1 fully saturated rings. The van der Waals surface area contributed by atoms with Crippen molar-refractivity contribution in [2.45, 2.75) is 40.0 Å². The molecule has 0 N–H and O–H groups in total. The van der Waals surface area contributed by atoms with Gasteiger partial charge in [-0.1, -0.05) is 32.9 Å². The van der Waals surface area contributed by atoms with E-state index in [4.69, 9.17) is 0 Å². The molecule has 0 radical (unpaired) electrons. The highest BCUT2D eigenvalue weighted by atomic mass is 16.1. The maximum atomic E-state index is 11.8. The van der Waals surface area contributed by atoms with Crippen molar-refractivity contribution < 1.29 is 4.79 Å². The molecule has 1 aromatic heterocycles. The maximum absolute atomic E-state index is 11.8. The first-order valence-corrected chi connectivity index (χ1v) is 8.54. The molecule has 0 aliphatic heterocycles. The van der Waals surface area contributed by atoms with Gasteiger partial charge in [-0.15, -0.1) is 10.2 Å². The van der Waals surface area contributed by atoms with Crippen LogP contribution in [0.5, 0.6) is 0 Å². The van der Waals surface area contributed by atoms with E-state index in [1.165, 1.54) is 6.42 Å². The summed E-state index contributed by atoms with van der Waals surface area (Å²) in [6.07, 6.45) is 4.24. The minimum Gasteiger partial charge on any atom is -0.298 e. The number of aromatic nitrogens is 3. The lowest BCUT2D eigenvalue weighted by Crippen LogP contribution is -2.38. The Kier molecular flexibility index (Phi) is 3.19. The molecule has 1 heterocycles. The van der Waals surface area contributed by atoms with E-state index in [1.54, 1.807) is 4.80 Å². The summed E-state index contributed by atoms with van der Waals surface area (Å²) in [6, 6.07) is 7.89. The molecule has 0 spiro atoms. The third-order valence-corrected chi connectivity index (χ3v) is 5.97. The molecule has 4 heteroatoms. The Morgan fingerprint density at radius 3 is 2.48 bits per heavy atom. The molecular weight excluding hydrogens is 286 g/mol. The van der Waals surface area contributed by atoms with Crippen LogP contribution >= 0.6 is 0 Å². The van der Waals surface area contributed by atoms with Crippen LogP contribution < -0.4 is 0 Å². The van der Waals surface area contributed by atoms with Crippen molar-refractivity contribution in [1.29, 1.82) is 0 Å². The van der Waals surface area contributed by atoms with E-state index in [0.717, 1.165) is 41.4 Å². The van der Waals surface area contributed by atoms with E-state index in [2.05, 4.69) is 31.0 Å². The van der Waals surface area contributed by atoms with E-state index in [9.17, 15) is 4.79 Å². The monoisotopic (exact) mass is 309 g/mol. The SMILES string of the molecule is CC1CC(C)C2CC(C=O)=C(n3nc4ccccc4n3)[C@@]2(C)C1. The van der Waals surface area contributed by atoms with Crippen molar-refractivity contribution in [3.63, 3.8) is 0 Å². The summed E-state index contributed by atoms with van der Waals surface area (Å²) < 4.78 is 0. The molecular formula is C19H23N3O. The van der Waals surface area contributed by atoms with E-state index >= 15 is 0 Å². The number of carbonyl (C=O) groups is 1. The summed E-state index contributed by atoms with van der Waals surface area (Å²) in [5.74, 6) is 1.81. The molecule has 23 heavy (non-hydrogen) atoms. The lowest BCUT2D eigenvalue weighted by atomic mass is 9.61. The second kappa shape index (κ2) is 5.02. The Morgan fingerprint density at radius 2 is 1.87 bits per heavy atom. The molecule has 1 aromatic carbocycles. The van der Waals surface area contributed by atoms with Gasteiger partial charge in [-0.25, -0.2) is 0 Å². The van der Waals surface area contributed by atoms with Gasteiger partial charge in [0.1, 0.15) is 17.3 Å². The molecule has 4 rings (SSSR count). The second-order valence-corrected chi connectivity index (χ2v) is 7.72. The molecule has 4 atom stereocenters. The second-order valence-electron chi connectivity index (χ2n) is 7.72. The quantitative estimate of drug-likeness (QED) is 0.790. The van der Waals surface area contributed by atoms with Gasteiger partial charge < -0.3 is 0 Å². The Balaban J connectivity index is 1.88. The van der Waals surface area contributed by atoms with Gasteiger partial charge in [0, 0.05) is 11.0 Å². The third-order valence-electron chi connectivity index (χ3n) is 5.97. The molecule has 120 valence electrons. The van der Waals surface area contributed by atoms with Crippen molar-refractivity contribution >= 4 is 23.0 Å². The van der Waals surface area contributed by atoms with Crippen LogP contribution in [0.1, 0.15) is 40.0 Å². The Labute approximate surface area is 136 Å². The predicted octanol–water partition coefficient (Wildman–Crippen LogP) is 3.93. The topological polar surface area (TPSA) is 47.8 Å². The minimum absolute atomic E-state index is 0.0115. The number of aldehydes is 1. The van der Waals surface area contributed by atoms with E-state index < -0.39 is 0 Å². The Morgan fingerprint density at radius 1 is 1.22 bits per heavy atom. The summed E-state index contributed by atoms with van der Waals surface area (Å²) >= 11 is 0. The molecule has 0 bridgehead atoms. The first-order valence-electron chi connectivity index (χ1n) is 8.54. The number of hydrogen-bond donors (Lipinski definition) is 0. The summed E-state index contributed by atoms with van der Waals surface area (Å²) in [6.45, 7) is 6.96. The number of carbonyl (C=O) groups excluding carboxylic acids is 1. The van der Waals surface area contributed by atoms with Crippen molar-refractivity contribution in [3.05, 3.63) is 29.8 Å². The predicted molar refractivity (Wildman–Crippen MR) is 90.6 cm³/mol. The summed E-state index contributed by atoms with van der Waals surface area (Å²) in [5.41, 5.74) is 3.68. The zero-order valence-electron chi connectivity index (χ0n) is 14.0. The zero-order chi connectivity index (χ0) is 16.2. The van der Waals surface area contributed by atoms with Crippen LogP contribution in [-0.2, 0) is 4.79 Å². The van der Waals surface area contributed by atoms with Gasteiger partial charge >= 0.3 is 0 Å². The number of fused-ring (bicyclic) bond motifs is 2. The third kappa shape index (κ3) is 2.07. The van der Waals surface area contributed by atoms with Crippen LogP contribution in [0, 0.1) is 23.2 Å². The first-order chi connectivity index (χ1) is 11.0. The standard InChI is InChI=1S/C19H23N3O/c1-12-8-13(2)15-9-14(11-23)18(19(15,3)10-12)22-20-16-6-4-5-7-17(16)21-22/h4-7,11-13,15H,8-10H2,1-3H3/t12?,13?,15?,19-/m0/s1. The highest BCUT2D eigenvalue weighted by molar-refractivity contribution is 5.87. The van der Waals surface area contributed by atoms with Crippen LogP contribution in [0.4, 0.5) is 0 Å². The number of nitrogens with zero attached hydrogens (tertiary/aromatic N) is 3. The van der Waals surface area contributed by atoms with Crippen LogP contribution in [-0.4, -0.2) is 21.3 Å². The van der Waals surface area contributed by atoms with Crippen LogP contribution in [0.3, 0.4) is 0 Å². The highest BCUT2D eigenvalue weighted by Crippen LogP contribution is 2.59. The number of benzene rings is 1. The average molecular weight is 309 g/mol. The summed E-state index contributed by atoms with van der Waals surface area (Å²) in [4.78, 5) is 13.5. The average Bonchev–Trinajstić information content (AvgIpc) is 3.04. The zero-order valence-corrected chi connectivity index (χ0v) is 14.0. The fourth-order valence-electron chi connectivity index (χ4n) is 5.21. The van der Waals surface area contributed by atoms with Crippen molar-refractivity contribution in [2.24, 2.45) is 23.2 Å². The van der Waals surface area contributed by atoms with Gasteiger partial charge in [-0.2, -0.15) is 4.80 Å². The van der Waals surface area contributed by atoms with Gasteiger partial charge in [-0.3, -0.25) is 4.79 Å². The van der Waals surface area contributed by atoms with E-state index in [1.807, 2.05) is 24.3 Å². The van der Waals surface area contributed by atoms with Crippen LogP contribution in [0.2, 0.25) is 0 Å². The number of rotatable bonds is 2. The van der Waals surface area contributed by atoms with Gasteiger partial charge in [-0.05, 0) is 49.1 Å². The highest BCUT2D eigenvalue weighted by Gasteiger charge is 2.52. The lowest BCUT2D eigenvalue weighted by molar-refractivity contribution is -0.105. The van der Waals surface area contributed by atoms with Gasteiger partial charge in [0.15, 0.2) is 0 Å². The molecule has 3 unspecified atom stereocenters. The van der Waals surface area contributed by atoms with Crippen molar-refractivity contribution in [2.75, 3.05) is 0 Å². The molecule has 1 saturated carbocycles. The molecule has 4 nitrogen and oxygen atoms in total. The van der Waals surface area contributed by atoms with Crippen molar-refractivity contribution in [3.8, 4) is 0 Å². The van der Waals surface area contributed by atoms with Crippen molar-refractivity contribution in [1.82, 2.24) is 15.0 Å². The molecule has 0 saturated heterocycles. The normalized spacial score (nSPS) is 34.0. The van der Waals surface area contributed by atoms with Crippen LogP contribution in [0.25, 0.3) is 16.7 Å². The molecule has 0 amide bonds. The fourth-order valence-corrected chi connectivity index (χ4v) is 5.21. The number of allylic oxidation sites excluding steroid dienone is 2. The van der Waals surface area contributed by atoms with Gasteiger partial charge in [0.2, 0.25) is 0 Å². The maximum Gasteiger partial charge on any atom is 0.147 e. The first kappa shape index (κ1) is 14.6.